The van der Waals surface area contributed by atoms with Crippen LogP contribution in [0.1, 0.15) is 67.2 Å². The van der Waals surface area contributed by atoms with E-state index < -0.39 is 0 Å². The van der Waals surface area contributed by atoms with E-state index in [1.807, 2.05) is 13.8 Å². The highest BCUT2D eigenvalue weighted by molar-refractivity contribution is 5.10. The third-order valence-corrected chi connectivity index (χ3v) is 4.52. The Balaban J connectivity index is 0.00000121. The molecule has 0 heteroatoms. The fourth-order valence-corrected chi connectivity index (χ4v) is 3.03. The van der Waals surface area contributed by atoms with Crippen molar-refractivity contribution in [2.75, 3.05) is 0 Å². The lowest BCUT2D eigenvalue weighted by atomic mass is 9.60. The number of hydrogen-bond donors (Lipinski definition) is 0. The minimum Gasteiger partial charge on any atom is -0.0999 e. The van der Waals surface area contributed by atoms with Gasteiger partial charge >= 0.3 is 0 Å². The van der Waals surface area contributed by atoms with Crippen molar-refractivity contribution in [3.8, 4) is 0 Å². The largest absolute Gasteiger partial charge is 0.0999 e. The minimum absolute atomic E-state index is 0.484. The van der Waals surface area contributed by atoms with Gasteiger partial charge in [-0.05, 0) is 50.4 Å². The van der Waals surface area contributed by atoms with Crippen molar-refractivity contribution < 1.29 is 0 Å². The van der Waals surface area contributed by atoms with E-state index in [1.165, 1.54) is 36.8 Å². The van der Waals surface area contributed by atoms with Gasteiger partial charge in [0.05, 0.1) is 0 Å². The summed E-state index contributed by atoms with van der Waals surface area (Å²) in [7, 11) is 0. The summed E-state index contributed by atoms with van der Waals surface area (Å²) in [5, 5.41) is 0. The number of hydrogen-bond acceptors (Lipinski definition) is 0. The van der Waals surface area contributed by atoms with Crippen molar-refractivity contribution in [3.63, 3.8) is 0 Å². The highest BCUT2D eigenvalue weighted by Crippen LogP contribution is 2.49. The molecule has 0 saturated heterocycles. The molecule has 0 aromatic rings. The summed E-state index contributed by atoms with van der Waals surface area (Å²) in [6, 6.07) is 0. The van der Waals surface area contributed by atoms with Crippen molar-refractivity contribution in [2.24, 2.45) is 17.3 Å². The predicted molar refractivity (Wildman–Crippen MR) is 80.2 cm³/mol. The standard InChI is InChI=1S/C15H26.C2H6/c1-7-15(6)9-8-13(11(2)3)10-14(15)12(4)5;1-2/h13-14H,2,4,7-10H2,1,3,5-6H3;1-2H3. The first-order valence-electron chi connectivity index (χ1n) is 7.21. The first kappa shape index (κ1) is 16.5. The van der Waals surface area contributed by atoms with Crippen LogP contribution in [0.25, 0.3) is 0 Å². The van der Waals surface area contributed by atoms with E-state index in [4.69, 9.17) is 0 Å². The van der Waals surface area contributed by atoms with Crippen LogP contribution < -0.4 is 0 Å². The van der Waals surface area contributed by atoms with E-state index in [0.29, 0.717) is 11.3 Å². The Morgan fingerprint density at radius 3 is 2.06 bits per heavy atom. The van der Waals surface area contributed by atoms with Gasteiger partial charge in [-0.25, -0.2) is 0 Å². The summed E-state index contributed by atoms with van der Waals surface area (Å²) in [5.74, 6) is 1.42. The molecule has 1 saturated carbocycles. The predicted octanol–water partition coefficient (Wildman–Crippen LogP) is 6.00. The van der Waals surface area contributed by atoms with Gasteiger partial charge in [0.2, 0.25) is 0 Å². The average Bonchev–Trinajstić information content (AvgIpc) is 2.31. The molecule has 1 fully saturated rings. The van der Waals surface area contributed by atoms with Crippen LogP contribution in [0.3, 0.4) is 0 Å². The van der Waals surface area contributed by atoms with Crippen LogP contribution in [0.15, 0.2) is 24.3 Å². The summed E-state index contributed by atoms with van der Waals surface area (Å²) < 4.78 is 0. The molecule has 1 aliphatic rings. The van der Waals surface area contributed by atoms with Crippen molar-refractivity contribution >= 4 is 0 Å². The first-order valence-corrected chi connectivity index (χ1v) is 7.21. The smallest absolute Gasteiger partial charge is 0.0149 e. The van der Waals surface area contributed by atoms with Crippen molar-refractivity contribution in [2.45, 2.75) is 67.2 Å². The lowest BCUT2D eigenvalue weighted by Gasteiger charge is -2.45. The molecule has 100 valence electrons. The Kier molecular flexibility index (Phi) is 6.82. The summed E-state index contributed by atoms with van der Waals surface area (Å²) in [4.78, 5) is 0. The van der Waals surface area contributed by atoms with Gasteiger partial charge in [0.25, 0.3) is 0 Å². The van der Waals surface area contributed by atoms with Crippen molar-refractivity contribution in [3.05, 3.63) is 24.3 Å². The topological polar surface area (TPSA) is 0 Å². The van der Waals surface area contributed by atoms with E-state index >= 15 is 0 Å². The summed E-state index contributed by atoms with van der Waals surface area (Å²) >= 11 is 0. The van der Waals surface area contributed by atoms with Crippen LogP contribution in [0.5, 0.6) is 0 Å². The monoisotopic (exact) mass is 236 g/mol. The molecule has 0 spiro atoms. The number of allylic oxidation sites excluding steroid dienone is 2. The summed E-state index contributed by atoms with van der Waals surface area (Å²) in [6.45, 7) is 21.4. The van der Waals surface area contributed by atoms with Gasteiger partial charge in [-0.1, -0.05) is 58.4 Å². The third-order valence-electron chi connectivity index (χ3n) is 4.52. The van der Waals surface area contributed by atoms with Crippen molar-refractivity contribution in [1.29, 1.82) is 0 Å². The molecule has 1 aliphatic carbocycles. The second kappa shape index (κ2) is 7.03. The maximum Gasteiger partial charge on any atom is -0.0149 e. The molecule has 0 heterocycles. The molecule has 3 unspecified atom stereocenters. The molecule has 0 N–H and O–H groups in total. The molecule has 3 atom stereocenters. The van der Waals surface area contributed by atoms with E-state index in [1.54, 1.807) is 0 Å². The first-order chi connectivity index (χ1) is 7.90. The molecule has 0 bridgehead atoms. The van der Waals surface area contributed by atoms with E-state index in [-0.39, 0.29) is 0 Å². The second-order valence-corrected chi connectivity index (χ2v) is 5.72. The molecule has 0 nitrogen and oxygen atoms in total. The fourth-order valence-electron chi connectivity index (χ4n) is 3.03. The van der Waals surface area contributed by atoms with Crippen molar-refractivity contribution in [1.82, 2.24) is 0 Å². The Bertz CT molecular complexity index is 261. The molecule has 1 rings (SSSR count). The van der Waals surface area contributed by atoms with Gasteiger partial charge in [-0.2, -0.15) is 0 Å². The molecular weight excluding hydrogens is 204 g/mol. The van der Waals surface area contributed by atoms with Gasteiger partial charge in [0, 0.05) is 0 Å². The second-order valence-electron chi connectivity index (χ2n) is 5.72. The highest BCUT2D eigenvalue weighted by atomic mass is 14.4. The molecule has 0 aliphatic heterocycles. The molecule has 0 amide bonds. The van der Waals surface area contributed by atoms with E-state index in [2.05, 4.69) is 40.9 Å². The van der Waals surface area contributed by atoms with Gasteiger partial charge in [0.1, 0.15) is 0 Å². The van der Waals surface area contributed by atoms with Gasteiger partial charge in [-0.15, -0.1) is 0 Å². The zero-order valence-corrected chi connectivity index (χ0v) is 12.9. The lowest BCUT2D eigenvalue weighted by Crippen LogP contribution is -2.34. The van der Waals surface area contributed by atoms with Gasteiger partial charge in [-0.3, -0.25) is 0 Å². The van der Waals surface area contributed by atoms with Crippen LogP contribution in [-0.2, 0) is 0 Å². The van der Waals surface area contributed by atoms with Gasteiger partial charge < -0.3 is 0 Å². The summed E-state index contributed by atoms with van der Waals surface area (Å²) in [6.07, 6.45) is 5.20. The Morgan fingerprint density at radius 1 is 1.18 bits per heavy atom. The molecular formula is C17H32. The Labute approximate surface area is 109 Å². The van der Waals surface area contributed by atoms with Gasteiger partial charge in [0.15, 0.2) is 0 Å². The zero-order valence-electron chi connectivity index (χ0n) is 12.9. The molecule has 0 aromatic heterocycles. The Hall–Kier alpha value is -0.520. The molecule has 0 aromatic carbocycles. The SMILES string of the molecule is C=C(C)C1CCC(C)(CC)C(C(=C)C)C1.CC. The lowest BCUT2D eigenvalue weighted by molar-refractivity contribution is 0.112. The summed E-state index contributed by atoms with van der Waals surface area (Å²) in [5.41, 5.74) is 3.21. The van der Waals surface area contributed by atoms with E-state index in [9.17, 15) is 0 Å². The zero-order chi connectivity index (χ0) is 13.6. The normalized spacial score (nSPS) is 32.4. The maximum atomic E-state index is 4.19. The minimum atomic E-state index is 0.484. The van der Waals surface area contributed by atoms with Crippen LogP contribution in [0.4, 0.5) is 0 Å². The number of rotatable bonds is 3. The third kappa shape index (κ3) is 4.01. The van der Waals surface area contributed by atoms with Crippen LogP contribution in [0.2, 0.25) is 0 Å². The fraction of sp³-hybridized carbons (Fsp3) is 0.765. The van der Waals surface area contributed by atoms with Crippen LogP contribution in [0, 0.1) is 17.3 Å². The van der Waals surface area contributed by atoms with Crippen LogP contribution in [-0.4, -0.2) is 0 Å². The quantitative estimate of drug-likeness (QED) is 0.527. The maximum absolute atomic E-state index is 4.19. The Morgan fingerprint density at radius 2 is 1.71 bits per heavy atom. The molecule has 17 heavy (non-hydrogen) atoms. The average molecular weight is 236 g/mol. The van der Waals surface area contributed by atoms with E-state index in [0.717, 1.165) is 5.92 Å². The van der Waals surface area contributed by atoms with Crippen LogP contribution >= 0.6 is 0 Å². The highest BCUT2D eigenvalue weighted by Gasteiger charge is 2.38. The molecule has 0 radical (unpaired) electrons.